The van der Waals surface area contributed by atoms with Gasteiger partial charge in [0, 0.05) is 42.3 Å². The molecule has 0 N–H and O–H groups in total. The average Bonchev–Trinajstić information content (AvgIpc) is 3.86. The molecule has 1 aliphatic carbocycles. The predicted molar refractivity (Wildman–Crippen MR) is 279 cm³/mol. The maximum atomic E-state index is 2.54. The van der Waals surface area contributed by atoms with Gasteiger partial charge in [-0.05, 0) is 91.5 Å². The summed E-state index contributed by atoms with van der Waals surface area (Å²) in [6.07, 6.45) is 0. The van der Waals surface area contributed by atoms with E-state index in [2.05, 4.69) is 255 Å². The molecule has 0 spiro atoms. The lowest BCUT2D eigenvalue weighted by molar-refractivity contribution is 0.660. The number of hydrogen-bond donors (Lipinski definition) is 0. The van der Waals surface area contributed by atoms with Gasteiger partial charge in [0.15, 0.2) is 0 Å². The molecule has 1 heterocycles. The molecular weight excluding hydrogens is 803 g/mol. The van der Waals surface area contributed by atoms with Crippen molar-refractivity contribution in [3.05, 3.63) is 248 Å². The van der Waals surface area contributed by atoms with E-state index in [-0.39, 0.29) is 5.41 Å². The summed E-state index contributed by atoms with van der Waals surface area (Å²) in [4.78, 5) is 2.54. The van der Waals surface area contributed by atoms with Crippen LogP contribution < -0.4 is 4.90 Å². The van der Waals surface area contributed by atoms with E-state index in [1.807, 2.05) is 11.3 Å². The minimum Gasteiger partial charge on any atom is -0.309 e. The van der Waals surface area contributed by atoms with Crippen molar-refractivity contribution >= 4 is 48.6 Å². The SMILES string of the molecule is CC1(C)c2ccccc2-c2c(-c3ccccc3N(c3ccccc3-c3ccc4c(c3)sc3ccccc34)c3ccccc3-c3ccccc3-c3ccccc3-c3ccccc3)cccc21. The van der Waals surface area contributed by atoms with Crippen molar-refractivity contribution < 1.29 is 0 Å². The van der Waals surface area contributed by atoms with Gasteiger partial charge in [-0.1, -0.05) is 220 Å². The Balaban J connectivity index is 1.12. The van der Waals surface area contributed by atoms with Crippen molar-refractivity contribution in [3.8, 4) is 66.8 Å². The molecule has 1 aromatic heterocycles. The van der Waals surface area contributed by atoms with Crippen LogP contribution in [0.1, 0.15) is 25.0 Å². The highest BCUT2D eigenvalue weighted by atomic mass is 32.1. The zero-order valence-electron chi connectivity index (χ0n) is 36.4. The molecule has 0 radical (unpaired) electrons. The third-order valence-corrected chi connectivity index (χ3v) is 14.7. The second-order valence-corrected chi connectivity index (χ2v) is 18.6. The lowest BCUT2D eigenvalue weighted by atomic mass is 9.82. The van der Waals surface area contributed by atoms with Crippen molar-refractivity contribution in [3.63, 3.8) is 0 Å². The molecule has 65 heavy (non-hydrogen) atoms. The molecule has 0 fully saturated rings. The molecule has 10 aromatic carbocycles. The van der Waals surface area contributed by atoms with Crippen LogP contribution in [0.15, 0.2) is 237 Å². The van der Waals surface area contributed by atoms with E-state index in [0.717, 1.165) is 22.6 Å². The van der Waals surface area contributed by atoms with Crippen molar-refractivity contribution in [1.82, 2.24) is 0 Å². The first kappa shape index (κ1) is 38.9. The van der Waals surface area contributed by atoms with Gasteiger partial charge in [0.1, 0.15) is 0 Å². The van der Waals surface area contributed by atoms with Crippen molar-refractivity contribution in [1.29, 1.82) is 0 Å². The normalized spacial score (nSPS) is 12.6. The van der Waals surface area contributed by atoms with Crippen LogP contribution >= 0.6 is 11.3 Å². The van der Waals surface area contributed by atoms with Crippen LogP contribution in [0.3, 0.4) is 0 Å². The summed E-state index contributed by atoms with van der Waals surface area (Å²) in [7, 11) is 0. The number of hydrogen-bond acceptors (Lipinski definition) is 2. The molecule has 12 rings (SSSR count). The van der Waals surface area contributed by atoms with Gasteiger partial charge in [-0.3, -0.25) is 0 Å². The third kappa shape index (κ3) is 6.44. The van der Waals surface area contributed by atoms with E-state index in [1.54, 1.807) is 0 Å². The van der Waals surface area contributed by atoms with E-state index in [1.165, 1.54) is 92.5 Å². The van der Waals surface area contributed by atoms with Crippen LogP contribution in [-0.4, -0.2) is 0 Å². The molecule has 0 amide bonds. The van der Waals surface area contributed by atoms with Crippen molar-refractivity contribution in [2.45, 2.75) is 19.3 Å². The van der Waals surface area contributed by atoms with Gasteiger partial charge in [-0.15, -0.1) is 11.3 Å². The molecule has 0 bridgehead atoms. The predicted octanol–water partition coefficient (Wildman–Crippen LogP) is 18.2. The Morgan fingerprint density at radius 1 is 0.308 bits per heavy atom. The van der Waals surface area contributed by atoms with E-state index in [0.29, 0.717) is 0 Å². The zero-order chi connectivity index (χ0) is 43.5. The van der Waals surface area contributed by atoms with Crippen LogP contribution in [0.5, 0.6) is 0 Å². The number of rotatable bonds is 8. The summed E-state index contributed by atoms with van der Waals surface area (Å²) in [6.45, 7) is 4.74. The average molecular weight is 848 g/mol. The quantitative estimate of drug-likeness (QED) is 0.147. The standard InChI is InChI=1S/C63H45NS/c1-63(2)55-33-15-10-31-54(55)62-53(32-20-34-56(62)63)50-29-13-18-37-59(50)64(57-35-16-11-24-45(57)43-39-40-52-51-30-14-19-38-60(51)65-61(52)41-43)58-36-17-12-28-49(58)48-27-9-8-26-47(48)46-25-7-6-23-44(46)42-21-4-3-5-22-42/h3-41H,1-2H3. The molecule has 0 unspecified atom stereocenters. The molecule has 1 aliphatic rings. The van der Waals surface area contributed by atoms with Gasteiger partial charge < -0.3 is 4.90 Å². The third-order valence-electron chi connectivity index (χ3n) is 13.5. The molecule has 0 atom stereocenters. The summed E-state index contributed by atoms with van der Waals surface area (Å²) in [5.41, 5.74) is 20.5. The fourth-order valence-corrected chi connectivity index (χ4v) is 11.7. The minimum atomic E-state index is -0.124. The molecule has 11 aromatic rings. The van der Waals surface area contributed by atoms with Crippen molar-refractivity contribution in [2.24, 2.45) is 0 Å². The van der Waals surface area contributed by atoms with E-state index < -0.39 is 0 Å². The summed E-state index contributed by atoms with van der Waals surface area (Å²) in [5.74, 6) is 0. The first-order chi connectivity index (χ1) is 32.0. The van der Waals surface area contributed by atoms with E-state index in [4.69, 9.17) is 0 Å². The molecule has 1 nitrogen and oxygen atoms in total. The van der Waals surface area contributed by atoms with Gasteiger partial charge in [0.25, 0.3) is 0 Å². The highest BCUT2D eigenvalue weighted by Gasteiger charge is 2.37. The largest absolute Gasteiger partial charge is 0.309 e. The van der Waals surface area contributed by atoms with Crippen molar-refractivity contribution in [2.75, 3.05) is 4.90 Å². The van der Waals surface area contributed by atoms with E-state index >= 15 is 0 Å². The van der Waals surface area contributed by atoms with Crippen LogP contribution in [0, 0.1) is 0 Å². The smallest absolute Gasteiger partial charge is 0.0540 e. The molecule has 0 saturated heterocycles. The van der Waals surface area contributed by atoms with E-state index in [9.17, 15) is 0 Å². The monoisotopic (exact) mass is 847 g/mol. The van der Waals surface area contributed by atoms with Gasteiger partial charge in [0.2, 0.25) is 0 Å². The van der Waals surface area contributed by atoms with Gasteiger partial charge in [-0.25, -0.2) is 0 Å². The maximum absolute atomic E-state index is 2.54. The van der Waals surface area contributed by atoms with Crippen LogP contribution in [-0.2, 0) is 5.41 Å². The Kier molecular flexibility index (Phi) is 9.44. The second-order valence-electron chi connectivity index (χ2n) is 17.6. The van der Waals surface area contributed by atoms with Gasteiger partial charge >= 0.3 is 0 Å². The number of anilines is 3. The summed E-state index contributed by atoms with van der Waals surface area (Å²) >= 11 is 1.87. The van der Waals surface area contributed by atoms with Gasteiger partial charge in [-0.2, -0.15) is 0 Å². The lowest BCUT2D eigenvalue weighted by Crippen LogP contribution is -2.15. The first-order valence-corrected chi connectivity index (χ1v) is 23.3. The maximum Gasteiger partial charge on any atom is 0.0540 e. The number of thiophene rings is 1. The molecule has 308 valence electrons. The van der Waals surface area contributed by atoms with Gasteiger partial charge in [0.05, 0.1) is 17.1 Å². The molecular formula is C63H45NS. The molecule has 2 heteroatoms. The molecule has 0 aliphatic heterocycles. The van der Waals surface area contributed by atoms with Crippen LogP contribution in [0.25, 0.3) is 86.9 Å². The Morgan fingerprint density at radius 2 is 0.769 bits per heavy atom. The highest BCUT2D eigenvalue weighted by molar-refractivity contribution is 7.25. The Labute approximate surface area is 385 Å². The summed E-state index contributed by atoms with van der Waals surface area (Å²) in [6, 6.07) is 87.2. The number of nitrogens with zero attached hydrogens (tertiary/aromatic N) is 1. The van der Waals surface area contributed by atoms with Crippen LogP contribution in [0.2, 0.25) is 0 Å². The molecule has 0 saturated carbocycles. The first-order valence-electron chi connectivity index (χ1n) is 22.5. The number of para-hydroxylation sites is 3. The number of fused-ring (bicyclic) bond motifs is 6. The summed E-state index contributed by atoms with van der Waals surface area (Å²) in [5, 5.41) is 2.61. The fraction of sp³-hybridized carbons (Fsp3) is 0.0476. The Hall–Kier alpha value is -7.78. The topological polar surface area (TPSA) is 3.24 Å². The summed E-state index contributed by atoms with van der Waals surface area (Å²) < 4.78 is 2.60. The lowest BCUT2D eigenvalue weighted by Gasteiger charge is -2.32. The Bertz CT molecular complexity index is 3590. The minimum absolute atomic E-state index is 0.124. The highest BCUT2D eigenvalue weighted by Crippen LogP contribution is 2.55. The second kappa shape index (κ2) is 15.8. The van der Waals surface area contributed by atoms with Crippen LogP contribution in [0.4, 0.5) is 17.1 Å². The number of benzene rings is 10. The fourth-order valence-electron chi connectivity index (χ4n) is 10.5. The zero-order valence-corrected chi connectivity index (χ0v) is 37.2. The Morgan fingerprint density at radius 3 is 1.48 bits per heavy atom.